The Morgan fingerprint density at radius 3 is 2.48 bits per heavy atom. The summed E-state index contributed by atoms with van der Waals surface area (Å²) >= 11 is 0. The van der Waals surface area contributed by atoms with E-state index in [1.807, 2.05) is 67.6 Å². The Labute approximate surface area is 190 Å². The summed E-state index contributed by atoms with van der Waals surface area (Å²) in [7, 11) is 3.38. The molecule has 0 saturated heterocycles. The molecular formula is C26H23N5O2. The van der Waals surface area contributed by atoms with Crippen LogP contribution in [0, 0.1) is 6.92 Å². The number of aromatic nitrogens is 4. The van der Waals surface area contributed by atoms with Crippen molar-refractivity contribution in [3.8, 4) is 0 Å². The largest absolute Gasteiger partial charge is 0.330 e. The number of ketones is 1. The maximum absolute atomic E-state index is 13.4. The molecule has 0 bridgehead atoms. The van der Waals surface area contributed by atoms with E-state index in [1.54, 1.807) is 26.5 Å². The number of benzene rings is 2. The van der Waals surface area contributed by atoms with Gasteiger partial charge < -0.3 is 9.47 Å². The van der Waals surface area contributed by atoms with Crippen LogP contribution in [0.15, 0.2) is 73.1 Å². The van der Waals surface area contributed by atoms with Gasteiger partial charge in [-0.1, -0.05) is 42.5 Å². The number of nitrogens with zero attached hydrogens (tertiary/aromatic N) is 5. The summed E-state index contributed by atoms with van der Waals surface area (Å²) in [4.78, 5) is 36.5. The Balaban J connectivity index is 1.46. The van der Waals surface area contributed by atoms with Crippen LogP contribution in [0.3, 0.4) is 0 Å². The number of carbonyl (C=O) groups excluding carboxylic acids is 2. The third kappa shape index (κ3) is 3.57. The Morgan fingerprint density at radius 1 is 0.970 bits per heavy atom. The van der Waals surface area contributed by atoms with Crippen LogP contribution < -0.4 is 0 Å². The Kier molecular flexibility index (Phi) is 5.01. The average Bonchev–Trinajstić information content (AvgIpc) is 3.36. The molecule has 5 aromatic rings. The van der Waals surface area contributed by atoms with E-state index in [4.69, 9.17) is 0 Å². The molecule has 0 radical (unpaired) electrons. The summed E-state index contributed by atoms with van der Waals surface area (Å²) in [6.07, 6.45) is 3.40. The van der Waals surface area contributed by atoms with Crippen molar-refractivity contribution < 1.29 is 9.59 Å². The smallest absolute Gasteiger partial charge is 0.328 e. The summed E-state index contributed by atoms with van der Waals surface area (Å²) in [6, 6.07) is 18.7. The maximum Gasteiger partial charge on any atom is 0.328 e. The predicted octanol–water partition coefficient (Wildman–Crippen LogP) is 4.50. The summed E-state index contributed by atoms with van der Waals surface area (Å²) in [6.45, 7) is 2.58. The second kappa shape index (κ2) is 8.02. The van der Waals surface area contributed by atoms with Crippen molar-refractivity contribution in [1.82, 2.24) is 24.0 Å². The van der Waals surface area contributed by atoms with Gasteiger partial charge in [-0.2, -0.15) is 0 Å². The lowest BCUT2D eigenvalue weighted by Gasteiger charge is -2.11. The molecule has 0 aliphatic carbocycles. The fourth-order valence-corrected chi connectivity index (χ4v) is 4.09. The summed E-state index contributed by atoms with van der Waals surface area (Å²) in [5, 5.41) is 0.758. The van der Waals surface area contributed by atoms with Crippen molar-refractivity contribution >= 4 is 33.9 Å². The lowest BCUT2D eigenvalue weighted by molar-refractivity contribution is 0.104. The van der Waals surface area contributed by atoms with Crippen molar-refractivity contribution in [3.05, 3.63) is 95.6 Å². The maximum atomic E-state index is 13.4. The number of imidazole rings is 1. The van der Waals surface area contributed by atoms with Crippen LogP contribution in [-0.2, 0) is 6.54 Å². The first-order valence-electron chi connectivity index (χ1n) is 10.7. The van der Waals surface area contributed by atoms with Gasteiger partial charge in [0.05, 0.1) is 12.1 Å². The summed E-state index contributed by atoms with van der Waals surface area (Å²) in [5.74, 6) is 0.774. The van der Waals surface area contributed by atoms with E-state index in [2.05, 4.69) is 14.5 Å². The van der Waals surface area contributed by atoms with Crippen LogP contribution in [0.2, 0.25) is 0 Å². The Morgan fingerprint density at radius 2 is 1.73 bits per heavy atom. The first kappa shape index (κ1) is 20.6. The molecule has 3 aromatic heterocycles. The SMILES string of the molecule is Cc1nc2cccnc2n1Cc1ccc(C(=O)c2cn(C(=O)N(C)C)c3ccccc23)cc1. The molecule has 5 rings (SSSR count). The molecule has 33 heavy (non-hydrogen) atoms. The zero-order valence-electron chi connectivity index (χ0n) is 18.7. The van der Waals surface area contributed by atoms with E-state index >= 15 is 0 Å². The molecule has 7 nitrogen and oxygen atoms in total. The van der Waals surface area contributed by atoms with Gasteiger partial charge in [0.1, 0.15) is 11.3 Å². The second-order valence-corrected chi connectivity index (χ2v) is 8.22. The molecule has 0 fully saturated rings. The zero-order chi connectivity index (χ0) is 23.1. The molecule has 0 unspecified atom stereocenters. The molecule has 0 N–H and O–H groups in total. The van der Waals surface area contributed by atoms with E-state index in [0.717, 1.165) is 27.9 Å². The molecule has 7 heteroatoms. The number of pyridine rings is 1. The minimum atomic E-state index is -0.197. The van der Waals surface area contributed by atoms with E-state index in [1.165, 1.54) is 9.47 Å². The number of para-hydroxylation sites is 1. The number of hydrogen-bond acceptors (Lipinski definition) is 4. The van der Waals surface area contributed by atoms with Gasteiger partial charge >= 0.3 is 6.03 Å². The third-order valence-electron chi connectivity index (χ3n) is 5.80. The van der Waals surface area contributed by atoms with E-state index in [9.17, 15) is 9.59 Å². The van der Waals surface area contributed by atoms with Gasteiger partial charge in [0.15, 0.2) is 11.4 Å². The van der Waals surface area contributed by atoms with Gasteiger partial charge in [-0.25, -0.2) is 14.8 Å². The zero-order valence-corrected chi connectivity index (χ0v) is 18.7. The number of rotatable bonds is 4. The molecule has 164 valence electrons. The molecule has 0 spiro atoms. The topological polar surface area (TPSA) is 73.0 Å². The van der Waals surface area contributed by atoms with E-state index in [0.29, 0.717) is 23.2 Å². The van der Waals surface area contributed by atoms with Gasteiger partial charge in [-0.15, -0.1) is 0 Å². The number of fused-ring (bicyclic) bond motifs is 2. The standard InChI is InChI=1S/C26H23N5O2/c1-17-28-22-8-6-14-27-25(22)30(17)15-18-10-12-19(13-11-18)24(32)21-16-31(26(33)29(2)3)23-9-5-4-7-20(21)23/h4-14,16H,15H2,1-3H3. The average molecular weight is 438 g/mol. The number of carbonyl (C=O) groups is 2. The quantitative estimate of drug-likeness (QED) is 0.388. The van der Waals surface area contributed by atoms with E-state index < -0.39 is 0 Å². The first-order chi connectivity index (χ1) is 15.9. The fourth-order valence-electron chi connectivity index (χ4n) is 4.09. The molecule has 3 heterocycles. The number of hydrogen-bond donors (Lipinski definition) is 0. The molecule has 0 aliphatic heterocycles. The highest BCUT2D eigenvalue weighted by Gasteiger charge is 2.20. The highest BCUT2D eigenvalue weighted by molar-refractivity contribution is 6.17. The minimum absolute atomic E-state index is 0.117. The first-order valence-corrected chi connectivity index (χ1v) is 10.7. The van der Waals surface area contributed by atoms with Crippen LogP contribution in [0.5, 0.6) is 0 Å². The van der Waals surface area contributed by atoms with Crippen molar-refractivity contribution in [2.75, 3.05) is 14.1 Å². The van der Waals surface area contributed by atoms with Crippen molar-refractivity contribution in [2.24, 2.45) is 0 Å². The van der Waals surface area contributed by atoms with Crippen molar-refractivity contribution in [3.63, 3.8) is 0 Å². The predicted molar refractivity (Wildman–Crippen MR) is 128 cm³/mol. The molecule has 0 saturated carbocycles. The van der Waals surface area contributed by atoms with E-state index in [-0.39, 0.29) is 11.8 Å². The van der Waals surface area contributed by atoms with Crippen LogP contribution >= 0.6 is 0 Å². The summed E-state index contributed by atoms with van der Waals surface area (Å²) in [5.41, 5.74) is 4.55. The Hall–Kier alpha value is -4.26. The van der Waals surface area contributed by atoms with Gasteiger partial charge in [0.2, 0.25) is 0 Å². The van der Waals surface area contributed by atoms with Crippen molar-refractivity contribution in [2.45, 2.75) is 13.5 Å². The van der Waals surface area contributed by atoms with Crippen molar-refractivity contribution in [1.29, 1.82) is 0 Å². The minimum Gasteiger partial charge on any atom is -0.330 e. The monoisotopic (exact) mass is 437 g/mol. The summed E-state index contributed by atoms with van der Waals surface area (Å²) < 4.78 is 3.59. The normalized spacial score (nSPS) is 11.2. The van der Waals surface area contributed by atoms with Gasteiger partial charge in [-0.05, 0) is 30.7 Å². The van der Waals surface area contributed by atoms with Gasteiger partial charge in [-0.3, -0.25) is 9.36 Å². The molecule has 0 aliphatic rings. The van der Waals surface area contributed by atoms with Crippen LogP contribution in [0.4, 0.5) is 4.79 Å². The molecular weight excluding hydrogens is 414 g/mol. The molecule has 2 aromatic carbocycles. The fraction of sp³-hybridized carbons (Fsp3) is 0.154. The Bertz CT molecular complexity index is 1510. The lowest BCUT2D eigenvalue weighted by atomic mass is 10.0. The second-order valence-electron chi connectivity index (χ2n) is 8.22. The van der Waals surface area contributed by atoms with Gasteiger partial charge in [0.25, 0.3) is 0 Å². The number of aryl methyl sites for hydroxylation is 1. The lowest BCUT2D eigenvalue weighted by Crippen LogP contribution is -2.26. The number of amides is 1. The highest BCUT2D eigenvalue weighted by atomic mass is 16.2. The van der Waals surface area contributed by atoms with Crippen LogP contribution in [0.1, 0.15) is 27.3 Å². The van der Waals surface area contributed by atoms with Crippen LogP contribution in [0.25, 0.3) is 22.1 Å². The molecule has 1 amide bonds. The molecule has 0 atom stereocenters. The highest BCUT2D eigenvalue weighted by Crippen LogP contribution is 2.25. The third-order valence-corrected chi connectivity index (χ3v) is 5.80. The van der Waals surface area contributed by atoms with Crippen LogP contribution in [-0.4, -0.2) is 49.9 Å². The van der Waals surface area contributed by atoms with Gasteiger partial charge in [0, 0.05) is 43.0 Å².